The molecular weight excluding hydrogens is 374 g/mol. The van der Waals surface area contributed by atoms with Gasteiger partial charge in [-0.1, -0.05) is 30.7 Å². The van der Waals surface area contributed by atoms with Crippen molar-refractivity contribution in [2.24, 2.45) is 11.3 Å². The maximum absolute atomic E-state index is 13.7. The molecule has 166 valence electrons. The number of piperidine rings is 1. The van der Waals surface area contributed by atoms with Crippen LogP contribution in [0.2, 0.25) is 0 Å². The second kappa shape index (κ2) is 9.37. The van der Waals surface area contributed by atoms with Crippen LogP contribution >= 0.6 is 0 Å². The lowest BCUT2D eigenvalue weighted by Gasteiger charge is -2.53. The van der Waals surface area contributed by atoms with Crippen LogP contribution in [0, 0.1) is 25.2 Å². The SMILES string of the molecule is CCN1CC[C@@H]2C[C@@H](N3CCOCC3)CC[C@@]2(C(=O)NCc2ccc(C)cc2C)C1. The molecule has 1 amide bonds. The molecule has 2 heterocycles. The third-order valence-corrected chi connectivity index (χ3v) is 7.96. The van der Waals surface area contributed by atoms with Crippen molar-refractivity contribution >= 4 is 5.91 Å². The van der Waals surface area contributed by atoms with Crippen molar-refractivity contribution in [1.82, 2.24) is 15.1 Å². The van der Waals surface area contributed by atoms with Crippen LogP contribution in [-0.2, 0) is 16.1 Å². The molecule has 3 aliphatic rings. The second-order valence-corrected chi connectivity index (χ2v) is 9.70. The number of carbonyl (C=O) groups excluding carboxylic acids is 1. The van der Waals surface area contributed by atoms with Gasteiger partial charge in [-0.3, -0.25) is 9.69 Å². The summed E-state index contributed by atoms with van der Waals surface area (Å²) in [5.41, 5.74) is 3.54. The Morgan fingerprint density at radius 1 is 1.20 bits per heavy atom. The first-order valence-corrected chi connectivity index (χ1v) is 11.9. The molecule has 2 saturated heterocycles. The van der Waals surface area contributed by atoms with Crippen molar-refractivity contribution < 1.29 is 9.53 Å². The summed E-state index contributed by atoms with van der Waals surface area (Å²) in [5, 5.41) is 3.36. The van der Waals surface area contributed by atoms with Crippen LogP contribution < -0.4 is 5.32 Å². The Kier molecular flexibility index (Phi) is 6.81. The fraction of sp³-hybridized carbons (Fsp3) is 0.720. The number of carbonyl (C=O) groups is 1. The molecule has 30 heavy (non-hydrogen) atoms. The van der Waals surface area contributed by atoms with Gasteiger partial charge in [-0.05, 0) is 69.7 Å². The monoisotopic (exact) mass is 413 g/mol. The van der Waals surface area contributed by atoms with E-state index in [-0.39, 0.29) is 11.3 Å². The van der Waals surface area contributed by atoms with E-state index < -0.39 is 0 Å². The van der Waals surface area contributed by atoms with E-state index >= 15 is 0 Å². The number of benzene rings is 1. The molecule has 5 heteroatoms. The van der Waals surface area contributed by atoms with Crippen LogP contribution in [-0.4, -0.2) is 67.7 Å². The molecular formula is C25H39N3O2. The summed E-state index contributed by atoms with van der Waals surface area (Å²) in [6.45, 7) is 14.0. The normalized spacial score (nSPS) is 30.6. The van der Waals surface area contributed by atoms with Crippen LogP contribution in [0.25, 0.3) is 0 Å². The van der Waals surface area contributed by atoms with Gasteiger partial charge in [0.05, 0.1) is 18.6 Å². The maximum atomic E-state index is 13.7. The van der Waals surface area contributed by atoms with Crippen molar-refractivity contribution in [1.29, 1.82) is 0 Å². The molecule has 1 N–H and O–H groups in total. The van der Waals surface area contributed by atoms with Crippen LogP contribution in [0.4, 0.5) is 0 Å². The molecule has 0 unspecified atom stereocenters. The minimum absolute atomic E-state index is 0.227. The second-order valence-electron chi connectivity index (χ2n) is 9.70. The average Bonchev–Trinajstić information content (AvgIpc) is 2.78. The van der Waals surface area contributed by atoms with Gasteiger partial charge < -0.3 is 15.0 Å². The number of hydrogen-bond donors (Lipinski definition) is 1. The molecule has 0 radical (unpaired) electrons. The highest BCUT2D eigenvalue weighted by molar-refractivity contribution is 5.83. The number of ether oxygens (including phenoxy) is 1. The van der Waals surface area contributed by atoms with Crippen molar-refractivity contribution in [2.75, 3.05) is 45.9 Å². The minimum atomic E-state index is -0.227. The topological polar surface area (TPSA) is 44.8 Å². The molecule has 1 saturated carbocycles. The highest BCUT2D eigenvalue weighted by Crippen LogP contribution is 2.48. The van der Waals surface area contributed by atoms with E-state index in [0.717, 1.165) is 71.6 Å². The minimum Gasteiger partial charge on any atom is -0.379 e. The number of fused-ring (bicyclic) bond motifs is 1. The zero-order valence-electron chi connectivity index (χ0n) is 19.1. The summed E-state index contributed by atoms with van der Waals surface area (Å²) >= 11 is 0. The third-order valence-electron chi connectivity index (χ3n) is 7.96. The van der Waals surface area contributed by atoms with Crippen LogP contribution in [0.1, 0.15) is 49.3 Å². The molecule has 1 aromatic carbocycles. The van der Waals surface area contributed by atoms with Gasteiger partial charge in [-0.2, -0.15) is 0 Å². The fourth-order valence-electron chi connectivity index (χ4n) is 6.03. The van der Waals surface area contributed by atoms with Crippen molar-refractivity contribution in [3.63, 3.8) is 0 Å². The molecule has 3 atom stereocenters. The number of morpholine rings is 1. The van der Waals surface area contributed by atoms with Crippen molar-refractivity contribution in [2.45, 2.75) is 59.0 Å². The van der Waals surface area contributed by atoms with E-state index in [2.05, 4.69) is 54.1 Å². The Labute approximate surface area is 182 Å². The number of hydrogen-bond acceptors (Lipinski definition) is 4. The Morgan fingerprint density at radius 3 is 2.73 bits per heavy atom. The quantitative estimate of drug-likeness (QED) is 0.806. The third kappa shape index (κ3) is 4.44. The first-order valence-electron chi connectivity index (χ1n) is 11.9. The van der Waals surface area contributed by atoms with E-state index in [0.29, 0.717) is 18.5 Å². The molecule has 5 nitrogen and oxygen atoms in total. The summed E-state index contributed by atoms with van der Waals surface area (Å²) in [7, 11) is 0. The van der Waals surface area contributed by atoms with Crippen molar-refractivity contribution in [3.05, 3.63) is 34.9 Å². The van der Waals surface area contributed by atoms with Crippen molar-refractivity contribution in [3.8, 4) is 0 Å². The number of nitrogens with one attached hydrogen (secondary N) is 1. The average molecular weight is 414 g/mol. The molecule has 3 fully saturated rings. The molecule has 0 bridgehead atoms. The molecule has 1 aromatic rings. The van der Waals surface area contributed by atoms with Gasteiger partial charge in [-0.25, -0.2) is 0 Å². The van der Waals surface area contributed by atoms with Gasteiger partial charge in [0.1, 0.15) is 0 Å². The summed E-state index contributed by atoms with van der Waals surface area (Å²) in [5.74, 6) is 0.770. The number of nitrogens with zero attached hydrogens (tertiary/aromatic N) is 2. The smallest absolute Gasteiger partial charge is 0.228 e. The van der Waals surface area contributed by atoms with E-state index in [4.69, 9.17) is 4.74 Å². The molecule has 4 rings (SSSR count). The molecule has 0 aromatic heterocycles. The zero-order chi connectivity index (χ0) is 21.1. The largest absolute Gasteiger partial charge is 0.379 e. The lowest BCUT2D eigenvalue weighted by molar-refractivity contribution is -0.145. The molecule has 2 aliphatic heterocycles. The Hall–Kier alpha value is -1.43. The van der Waals surface area contributed by atoms with Gasteiger partial charge in [0.15, 0.2) is 0 Å². The van der Waals surface area contributed by atoms with Gasteiger partial charge in [-0.15, -0.1) is 0 Å². The van der Waals surface area contributed by atoms with Gasteiger partial charge in [0.2, 0.25) is 5.91 Å². The predicted molar refractivity (Wildman–Crippen MR) is 120 cm³/mol. The summed E-state index contributed by atoms with van der Waals surface area (Å²) in [4.78, 5) is 18.8. The lowest BCUT2D eigenvalue weighted by Crippen LogP contribution is -2.60. The van der Waals surface area contributed by atoms with Gasteiger partial charge in [0, 0.05) is 32.2 Å². The Balaban J connectivity index is 1.47. The molecule has 0 spiro atoms. The van der Waals surface area contributed by atoms with E-state index in [1.54, 1.807) is 0 Å². The number of likely N-dealkylation sites (tertiary alicyclic amines) is 1. The highest BCUT2D eigenvalue weighted by atomic mass is 16.5. The Bertz CT molecular complexity index is 746. The van der Waals surface area contributed by atoms with Crippen LogP contribution in [0.3, 0.4) is 0 Å². The fourth-order valence-corrected chi connectivity index (χ4v) is 6.03. The van der Waals surface area contributed by atoms with Gasteiger partial charge >= 0.3 is 0 Å². The predicted octanol–water partition coefficient (Wildman–Crippen LogP) is 3.13. The first-order chi connectivity index (χ1) is 14.5. The van der Waals surface area contributed by atoms with Gasteiger partial charge in [0.25, 0.3) is 0 Å². The molecule has 1 aliphatic carbocycles. The standard InChI is InChI=1S/C25H39N3O2/c1-4-27-10-8-22-16-23(28-11-13-30-14-12-28)7-9-25(22,18-27)24(29)26-17-21-6-5-19(2)15-20(21)3/h5-6,15,22-23H,4,7-14,16-18H2,1-3H3,(H,26,29)/t22-,23+,25-/m1/s1. The van der Waals surface area contributed by atoms with E-state index in [1.807, 2.05) is 0 Å². The Morgan fingerprint density at radius 2 is 2.00 bits per heavy atom. The van der Waals surface area contributed by atoms with E-state index in [1.165, 1.54) is 16.7 Å². The summed E-state index contributed by atoms with van der Waals surface area (Å²) < 4.78 is 5.56. The van der Waals surface area contributed by atoms with Crippen LogP contribution in [0.15, 0.2) is 18.2 Å². The summed E-state index contributed by atoms with van der Waals surface area (Å²) in [6.07, 6.45) is 4.44. The number of aryl methyl sites for hydroxylation is 2. The zero-order valence-corrected chi connectivity index (χ0v) is 19.1. The maximum Gasteiger partial charge on any atom is 0.228 e. The number of amides is 1. The number of rotatable bonds is 5. The first kappa shape index (κ1) is 21.8. The highest BCUT2D eigenvalue weighted by Gasteiger charge is 2.52. The van der Waals surface area contributed by atoms with Crippen LogP contribution in [0.5, 0.6) is 0 Å². The summed E-state index contributed by atoms with van der Waals surface area (Å²) in [6, 6.07) is 7.12. The lowest BCUT2D eigenvalue weighted by atomic mass is 9.61. The van der Waals surface area contributed by atoms with E-state index in [9.17, 15) is 4.79 Å².